The van der Waals surface area contributed by atoms with Gasteiger partial charge in [0.25, 0.3) is 5.69 Å². The lowest BCUT2D eigenvalue weighted by atomic mass is 10.1. The molecule has 0 aromatic heterocycles. The van der Waals surface area contributed by atoms with E-state index in [1.54, 1.807) is 24.3 Å². The van der Waals surface area contributed by atoms with Crippen molar-refractivity contribution in [2.45, 2.75) is 19.3 Å². The lowest BCUT2D eigenvalue weighted by Gasteiger charge is -2.36. The molecule has 0 atom stereocenters. The molecule has 0 radical (unpaired) electrons. The molecule has 1 aliphatic rings. The van der Waals surface area contributed by atoms with Gasteiger partial charge in [-0.2, -0.15) is 0 Å². The molecular formula is C20H22FN3O3. The molecule has 27 heavy (non-hydrogen) atoms. The van der Waals surface area contributed by atoms with Crippen molar-refractivity contribution in [2.75, 3.05) is 31.1 Å². The molecule has 1 heterocycles. The first kappa shape index (κ1) is 18.8. The third kappa shape index (κ3) is 4.81. The van der Waals surface area contributed by atoms with Gasteiger partial charge in [0.1, 0.15) is 5.82 Å². The maximum absolute atomic E-state index is 13.9. The van der Waals surface area contributed by atoms with E-state index in [1.165, 1.54) is 18.2 Å². The van der Waals surface area contributed by atoms with Crippen LogP contribution in [-0.4, -0.2) is 41.9 Å². The summed E-state index contributed by atoms with van der Waals surface area (Å²) in [4.78, 5) is 26.4. The number of nitro groups is 1. The van der Waals surface area contributed by atoms with Crippen LogP contribution in [0.3, 0.4) is 0 Å². The largest absolute Gasteiger partial charge is 0.366 e. The second kappa shape index (κ2) is 8.62. The Balaban J connectivity index is 1.43. The average Bonchev–Trinajstić information content (AvgIpc) is 2.69. The minimum absolute atomic E-state index is 0.0718. The molecule has 0 aliphatic carbocycles. The van der Waals surface area contributed by atoms with Gasteiger partial charge in [-0.3, -0.25) is 14.9 Å². The highest BCUT2D eigenvalue weighted by Gasteiger charge is 2.22. The van der Waals surface area contributed by atoms with Crippen molar-refractivity contribution >= 4 is 17.3 Å². The Morgan fingerprint density at radius 2 is 1.70 bits per heavy atom. The van der Waals surface area contributed by atoms with E-state index in [1.807, 2.05) is 15.9 Å². The normalized spacial score (nSPS) is 14.3. The number of carbonyl (C=O) groups excluding carboxylic acids is 1. The monoisotopic (exact) mass is 371 g/mol. The quantitative estimate of drug-likeness (QED) is 0.577. The van der Waals surface area contributed by atoms with Crippen LogP contribution in [0.15, 0.2) is 48.5 Å². The minimum Gasteiger partial charge on any atom is -0.366 e. The van der Waals surface area contributed by atoms with Crippen molar-refractivity contribution in [3.8, 4) is 0 Å². The zero-order valence-electron chi connectivity index (χ0n) is 15.0. The van der Waals surface area contributed by atoms with E-state index in [-0.39, 0.29) is 17.4 Å². The number of amides is 1. The van der Waals surface area contributed by atoms with Gasteiger partial charge in [-0.25, -0.2) is 4.39 Å². The molecule has 1 saturated heterocycles. The van der Waals surface area contributed by atoms with Crippen LogP contribution in [0.4, 0.5) is 15.8 Å². The Morgan fingerprint density at radius 1 is 1.04 bits per heavy atom. The van der Waals surface area contributed by atoms with Crippen molar-refractivity contribution < 1.29 is 14.1 Å². The SMILES string of the molecule is O=C(CCCc1ccc([N+](=O)[O-])cc1)N1CCN(c2ccccc2F)CC1. The van der Waals surface area contributed by atoms with Gasteiger partial charge in [-0.05, 0) is 30.5 Å². The Hall–Kier alpha value is -2.96. The molecular weight excluding hydrogens is 349 g/mol. The first-order chi connectivity index (χ1) is 13.0. The van der Waals surface area contributed by atoms with Crippen molar-refractivity contribution in [2.24, 2.45) is 0 Å². The predicted molar refractivity (Wildman–Crippen MR) is 101 cm³/mol. The van der Waals surface area contributed by atoms with Crippen LogP contribution < -0.4 is 4.90 Å². The van der Waals surface area contributed by atoms with Gasteiger partial charge >= 0.3 is 0 Å². The maximum atomic E-state index is 13.9. The van der Waals surface area contributed by atoms with Gasteiger partial charge in [0.2, 0.25) is 5.91 Å². The van der Waals surface area contributed by atoms with Gasteiger partial charge in [0.15, 0.2) is 0 Å². The van der Waals surface area contributed by atoms with Crippen molar-refractivity contribution in [3.63, 3.8) is 0 Å². The highest BCUT2D eigenvalue weighted by Crippen LogP contribution is 2.20. The number of anilines is 1. The lowest BCUT2D eigenvalue weighted by Crippen LogP contribution is -2.49. The average molecular weight is 371 g/mol. The molecule has 2 aromatic carbocycles. The molecule has 1 fully saturated rings. The summed E-state index contributed by atoms with van der Waals surface area (Å²) >= 11 is 0. The number of carbonyl (C=O) groups is 1. The number of nitro benzene ring substituents is 1. The summed E-state index contributed by atoms with van der Waals surface area (Å²) in [5, 5.41) is 10.7. The molecule has 0 bridgehead atoms. The smallest absolute Gasteiger partial charge is 0.269 e. The van der Waals surface area contributed by atoms with E-state index >= 15 is 0 Å². The van der Waals surface area contributed by atoms with Gasteiger partial charge in [0.05, 0.1) is 10.6 Å². The summed E-state index contributed by atoms with van der Waals surface area (Å²) < 4.78 is 13.9. The van der Waals surface area contributed by atoms with E-state index in [2.05, 4.69) is 0 Å². The van der Waals surface area contributed by atoms with Crippen LogP contribution >= 0.6 is 0 Å². The standard InChI is InChI=1S/C20H22FN3O3/c21-18-5-1-2-6-19(18)22-12-14-23(15-13-22)20(25)7-3-4-16-8-10-17(11-9-16)24(26)27/h1-2,5-6,8-11H,3-4,7,12-15H2. The number of halogens is 1. The molecule has 142 valence electrons. The molecule has 1 aliphatic heterocycles. The molecule has 0 saturated carbocycles. The molecule has 1 amide bonds. The number of benzene rings is 2. The van der Waals surface area contributed by atoms with Gasteiger partial charge in [-0.15, -0.1) is 0 Å². The van der Waals surface area contributed by atoms with Gasteiger partial charge < -0.3 is 9.80 Å². The second-order valence-corrected chi connectivity index (χ2v) is 6.60. The van der Waals surface area contributed by atoms with Crippen LogP contribution in [-0.2, 0) is 11.2 Å². The molecule has 7 heteroatoms. The third-order valence-corrected chi connectivity index (χ3v) is 4.83. The fourth-order valence-electron chi connectivity index (χ4n) is 3.29. The summed E-state index contributed by atoms with van der Waals surface area (Å²) in [5.74, 6) is -0.134. The number of aryl methyl sites for hydroxylation is 1. The first-order valence-electron chi connectivity index (χ1n) is 9.05. The van der Waals surface area contributed by atoms with E-state index in [4.69, 9.17) is 0 Å². The Kier molecular flexibility index (Phi) is 6.01. The lowest BCUT2D eigenvalue weighted by molar-refractivity contribution is -0.384. The van der Waals surface area contributed by atoms with E-state index in [0.717, 1.165) is 5.56 Å². The number of nitrogens with zero attached hydrogens (tertiary/aromatic N) is 3. The minimum atomic E-state index is -0.422. The van der Waals surface area contributed by atoms with E-state index in [9.17, 15) is 19.3 Å². The maximum Gasteiger partial charge on any atom is 0.269 e. The van der Waals surface area contributed by atoms with Crippen molar-refractivity contribution in [1.82, 2.24) is 4.90 Å². The molecule has 6 nitrogen and oxygen atoms in total. The summed E-state index contributed by atoms with van der Waals surface area (Å²) in [6.07, 6.45) is 1.85. The highest BCUT2D eigenvalue weighted by molar-refractivity contribution is 5.76. The molecule has 0 spiro atoms. The van der Waals surface area contributed by atoms with Gasteiger partial charge in [-0.1, -0.05) is 24.3 Å². The zero-order valence-corrected chi connectivity index (χ0v) is 15.0. The van der Waals surface area contributed by atoms with Crippen LogP contribution in [0.25, 0.3) is 0 Å². The molecule has 0 unspecified atom stereocenters. The number of piperazine rings is 1. The van der Waals surface area contributed by atoms with Crippen molar-refractivity contribution in [3.05, 3.63) is 70.0 Å². The number of rotatable bonds is 6. The van der Waals surface area contributed by atoms with E-state index in [0.29, 0.717) is 51.1 Å². The highest BCUT2D eigenvalue weighted by atomic mass is 19.1. The second-order valence-electron chi connectivity index (χ2n) is 6.60. The Labute approximate surface area is 157 Å². The summed E-state index contributed by atoms with van der Waals surface area (Å²) in [6, 6.07) is 13.1. The first-order valence-corrected chi connectivity index (χ1v) is 9.05. The summed E-state index contributed by atoms with van der Waals surface area (Å²) in [6.45, 7) is 2.42. The van der Waals surface area contributed by atoms with Crippen LogP contribution in [0, 0.1) is 15.9 Å². The number of non-ortho nitro benzene ring substituents is 1. The fraction of sp³-hybridized carbons (Fsp3) is 0.350. The Morgan fingerprint density at radius 3 is 2.33 bits per heavy atom. The van der Waals surface area contributed by atoms with Crippen LogP contribution in [0.1, 0.15) is 18.4 Å². The number of para-hydroxylation sites is 1. The fourth-order valence-corrected chi connectivity index (χ4v) is 3.29. The number of hydrogen-bond donors (Lipinski definition) is 0. The third-order valence-electron chi connectivity index (χ3n) is 4.83. The summed E-state index contributed by atoms with van der Waals surface area (Å²) in [7, 11) is 0. The van der Waals surface area contributed by atoms with Crippen LogP contribution in [0.5, 0.6) is 0 Å². The molecule has 3 rings (SSSR count). The van der Waals surface area contributed by atoms with E-state index < -0.39 is 4.92 Å². The molecule has 2 aromatic rings. The summed E-state index contributed by atoms with van der Waals surface area (Å²) in [5.41, 5.74) is 1.64. The topological polar surface area (TPSA) is 66.7 Å². The molecule has 0 N–H and O–H groups in total. The zero-order chi connectivity index (χ0) is 19.2. The van der Waals surface area contributed by atoms with Gasteiger partial charge in [0, 0.05) is 44.7 Å². The number of hydrogen-bond acceptors (Lipinski definition) is 4. The predicted octanol–water partition coefficient (Wildman–Crippen LogP) is 3.41. The van der Waals surface area contributed by atoms with Crippen LogP contribution in [0.2, 0.25) is 0 Å². The Bertz CT molecular complexity index is 802. The van der Waals surface area contributed by atoms with Crippen molar-refractivity contribution in [1.29, 1.82) is 0 Å².